The summed E-state index contributed by atoms with van der Waals surface area (Å²) in [6.45, 7) is 4.37. The Labute approximate surface area is 190 Å². The zero-order chi connectivity index (χ0) is 22.0. The molecule has 1 fully saturated rings. The molecule has 31 heavy (non-hydrogen) atoms. The third-order valence-electron chi connectivity index (χ3n) is 5.51. The highest BCUT2D eigenvalue weighted by Crippen LogP contribution is 2.30. The molecular formula is C23H23ClN4O2S. The van der Waals surface area contributed by atoms with Crippen molar-refractivity contribution in [1.29, 1.82) is 0 Å². The SMILES string of the molecule is Cc1ccc(N2CC(C(=O)Nc3nnc(CC(C)c4ccccc4)s3)CC2=O)cc1Cl. The van der Waals surface area contributed by atoms with Gasteiger partial charge in [0.05, 0.1) is 5.92 Å². The first-order chi connectivity index (χ1) is 14.9. The number of aryl methyl sites for hydroxylation is 1. The molecule has 1 aromatic heterocycles. The van der Waals surface area contributed by atoms with Gasteiger partial charge in [-0.15, -0.1) is 10.2 Å². The number of carbonyl (C=O) groups excluding carboxylic acids is 2. The molecule has 2 atom stereocenters. The van der Waals surface area contributed by atoms with E-state index in [1.54, 1.807) is 11.0 Å². The maximum atomic E-state index is 12.7. The van der Waals surface area contributed by atoms with Crippen LogP contribution in [0, 0.1) is 12.8 Å². The molecule has 1 saturated heterocycles. The van der Waals surface area contributed by atoms with Crippen LogP contribution < -0.4 is 10.2 Å². The van der Waals surface area contributed by atoms with E-state index in [0.29, 0.717) is 28.3 Å². The quantitative estimate of drug-likeness (QED) is 0.578. The molecule has 160 valence electrons. The van der Waals surface area contributed by atoms with E-state index < -0.39 is 5.92 Å². The van der Waals surface area contributed by atoms with Gasteiger partial charge in [-0.2, -0.15) is 0 Å². The molecule has 3 aromatic rings. The van der Waals surface area contributed by atoms with Crippen LogP contribution in [0.3, 0.4) is 0 Å². The predicted molar refractivity (Wildman–Crippen MR) is 124 cm³/mol. The molecule has 0 saturated carbocycles. The van der Waals surface area contributed by atoms with Crippen molar-refractivity contribution in [3.05, 3.63) is 69.7 Å². The van der Waals surface area contributed by atoms with Crippen LogP contribution >= 0.6 is 22.9 Å². The molecule has 4 rings (SSSR count). The molecule has 0 aliphatic carbocycles. The molecule has 0 bridgehead atoms. The Hall–Kier alpha value is -2.77. The van der Waals surface area contributed by atoms with Gasteiger partial charge in [-0.1, -0.05) is 66.3 Å². The standard InChI is InChI=1S/C23H23ClN4O2S/c1-14-8-9-18(12-19(14)24)28-13-17(11-21(28)29)22(30)25-23-27-26-20(31-23)10-15(2)16-6-4-3-5-7-16/h3-9,12,15,17H,10-11,13H2,1-2H3,(H,25,27,30). The fourth-order valence-corrected chi connectivity index (χ4v) is 4.68. The Kier molecular flexibility index (Phi) is 6.34. The Morgan fingerprint density at radius 1 is 1.26 bits per heavy atom. The first kappa shape index (κ1) is 21.5. The number of nitrogens with zero attached hydrogens (tertiary/aromatic N) is 3. The second-order valence-electron chi connectivity index (χ2n) is 7.84. The summed E-state index contributed by atoms with van der Waals surface area (Å²) in [6.07, 6.45) is 0.912. The second kappa shape index (κ2) is 9.16. The maximum absolute atomic E-state index is 12.7. The normalized spacial score (nSPS) is 17.1. The van der Waals surface area contributed by atoms with E-state index in [4.69, 9.17) is 11.6 Å². The Balaban J connectivity index is 1.36. The summed E-state index contributed by atoms with van der Waals surface area (Å²) in [5.74, 6) is -0.439. The molecule has 1 aliphatic rings. The average molecular weight is 455 g/mol. The van der Waals surface area contributed by atoms with Crippen LogP contribution in [0.2, 0.25) is 5.02 Å². The minimum Gasteiger partial charge on any atom is -0.312 e. The van der Waals surface area contributed by atoms with Crippen molar-refractivity contribution in [3.63, 3.8) is 0 Å². The van der Waals surface area contributed by atoms with Gasteiger partial charge in [0.2, 0.25) is 16.9 Å². The lowest BCUT2D eigenvalue weighted by molar-refractivity contribution is -0.122. The van der Waals surface area contributed by atoms with Crippen molar-refractivity contribution in [2.75, 3.05) is 16.8 Å². The lowest BCUT2D eigenvalue weighted by atomic mass is 9.98. The fourth-order valence-electron chi connectivity index (χ4n) is 3.64. The van der Waals surface area contributed by atoms with E-state index in [1.165, 1.54) is 16.9 Å². The summed E-state index contributed by atoms with van der Waals surface area (Å²) in [5, 5.41) is 13.1. The van der Waals surface area contributed by atoms with Gasteiger partial charge in [0.25, 0.3) is 0 Å². The molecule has 1 aliphatic heterocycles. The molecule has 0 spiro atoms. The van der Waals surface area contributed by atoms with Gasteiger partial charge in [0.1, 0.15) is 5.01 Å². The minimum atomic E-state index is -0.442. The van der Waals surface area contributed by atoms with E-state index in [9.17, 15) is 9.59 Å². The summed E-state index contributed by atoms with van der Waals surface area (Å²) in [7, 11) is 0. The monoisotopic (exact) mass is 454 g/mol. The van der Waals surface area contributed by atoms with Crippen LogP contribution in [-0.2, 0) is 16.0 Å². The van der Waals surface area contributed by atoms with Crippen LogP contribution in [0.15, 0.2) is 48.5 Å². The van der Waals surface area contributed by atoms with E-state index in [2.05, 4.69) is 34.6 Å². The number of hydrogen-bond donors (Lipinski definition) is 1. The molecule has 2 unspecified atom stereocenters. The third-order valence-corrected chi connectivity index (χ3v) is 6.78. The Morgan fingerprint density at radius 3 is 2.77 bits per heavy atom. The third kappa shape index (κ3) is 4.94. The zero-order valence-electron chi connectivity index (χ0n) is 17.3. The maximum Gasteiger partial charge on any atom is 0.231 e. The second-order valence-corrected chi connectivity index (χ2v) is 9.31. The van der Waals surface area contributed by atoms with E-state index in [-0.39, 0.29) is 18.2 Å². The number of aromatic nitrogens is 2. The largest absolute Gasteiger partial charge is 0.312 e. The number of carbonyl (C=O) groups is 2. The summed E-state index contributed by atoms with van der Waals surface area (Å²) >= 11 is 7.57. The molecule has 1 N–H and O–H groups in total. The molecule has 2 amide bonds. The number of halogens is 1. The van der Waals surface area contributed by atoms with Crippen LogP contribution in [-0.4, -0.2) is 28.6 Å². The molecule has 2 aromatic carbocycles. The molecule has 0 radical (unpaired) electrons. The van der Waals surface area contributed by atoms with Crippen LogP contribution in [0.25, 0.3) is 0 Å². The van der Waals surface area contributed by atoms with Crippen molar-refractivity contribution in [1.82, 2.24) is 10.2 Å². The molecule has 8 heteroatoms. The van der Waals surface area contributed by atoms with Gasteiger partial charge >= 0.3 is 0 Å². The highest BCUT2D eigenvalue weighted by molar-refractivity contribution is 7.15. The van der Waals surface area contributed by atoms with E-state index in [0.717, 1.165) is 17.0 Å². The van der Waals surface area contributed by atoms with Crippen LogP contribution in [0.4, 0.5) is 10.8 Å². The molecule has 6 nitrogen and oxygen atoms in total. The topological polar surface area (TPSA) is 75.2 Å². The highest BCUT2D eigenvalue weighted by Gasteiger charge is 2.35. The Bertz CT molecular complexity index is 1100. The number of amides is 2. The number of benzene rings is 2. The molecule has 2 heterocycles. The number of nitrogens with one attached hydrogen (secondary N) is 1. The minimum absolute atomic E-state index is 0.0882. The zero-order valence-corrected chi connectivity index (χ0v) is 18.9. The highest BCUT2D eigenvalue weighted by atomic mass is 35.5. The Morgan fingerprint density at radius 2 is 2.03 bits per heavy atom. The van der Waals surface area contributed by atoms with Gasteiger partial charge < -0.3 is 10.2 Å². The first-order valence-corrected chi connectivity index (χ1v) is 11.3. The van der Waals surface area contributed by atoms with Crippen molar-refractivity contribution >= 4 is 45.6 Å². The number of hydrogen-bond acceptors (Lipinski definition) is 5. The van der Waals surface area contributed by atoms with Crippen molar-refractivity contribution in [2.45, 2.75) is 32.6 Å². The van der Waals surface area contributed by atoms with Crippen molar-refractivity contribution in [3.8, 4) is 0 Å². The first-order valence-electron chi connectivity index (χ1n) is 10.2. The van der Waals surface area contributed by atoms with Gasteiger partial charge in [0, 0.05) is 30.1 Å². The van der Waals surface area contributed by atoms with Crippen molar-refractivity contribution < 1.29 is 9.59 Å². The van der Waals surface area contributed by atoms with E-state index in [1.807, 2.05) is 37.3 Å². The van der Waals surface area contributed by atoms with Crippen LogP contribution in [0.5, 0.6) is 0 Å². The fraction of sp³-hybridized carbons (Fsp3) is 0.304. The lowest BCUT2D eigenvalue weighted by Gasteiger charge is -2.17. The average Bonchev–Trinajstić information content (AvgIpc) is 3.37. The lowest BCUT2D eigenvalue weighted by Crippen LogP contribution is -2.28. The predicted octanol–water partition coefficient (Wildman–Crippen LogP) is 4.84. The van der Waals surface area contributed by atoms with Gasteiger partial charge in [-0.05, 0) is 36.1 Å². The summed E-state index contributed by atoms with van der Waals surface area (Å²) in [6, 6.07) is 15.7. The summed E-state index contributed by atoms with van der Waals surface area (Å²) < 4.78 is 0. The van der Waals surface area contributed by atoms with E-state index >= 15 is 0 Å². The smallest absolute Gasteiger partial charge is 0.231 e. The van der Waals surface area contributed by atoms with Crippen molar-refractivity contribution in [2.24, 2.45) is 5.92 Å². The summed E-state index contributed by atoms with van der Waals surface area (Å²) in [4.78, 5) is 26.8. The molecular weight excluding hydrogens is 432 g/mol. The van der Waals surface area contributed by atoms with Crippen LogP contribution in [0.1, 0.15) is 35.4 Å². The summed E-state index contributed by atoms with van der Waals surface area (Å²) in [5.41, 5.74) is 2.90. The van der Waals surface area contributed by atoms with Gasteiger partial charge in [-0.3, -0.25) is 9.59 Å². The number of rotatable bonds is 6. The number of anilines is 2. The van der Waals surface area contributed by atoms with Gasteiger partial charge in [0.15, 0.2) is 0 Å². The van der Waals surface area contributed by atoms with Gasteiger partial charge in [-0.25, -0.2) is 0 Å².